The highest BCUT2D eigenvalue weighted by Crippen LogP contribution is 2.61. The molecule has 8 heterocycles. The molecule has 2 fully saturated rings. The second-order valence-electron chi connectivity index (χ2n) is 26.5. The van der Waals surface area contributed by atoms with Crippen molar-refractivity contribution in [3.63, 3.8) is 0 Å². The number of benzene rings is 6. The van der Waals surface area contributed by atoms with Crippen molar-refractivity contribution in [3.05, 3.63) is 151 Å². The summed E-state index contributed by atoms with van der Waals surface area (Å²) in [4.78, 5) is 48.1. The maximum absolute atomic E-state index is 13.4. The minimum atomic E-state index is -0.620. The molecule has 520 valence electrons. The molecule has 0 saturated carbocycles. The molecule has 6 aromatic rings. The summed E-state index contributed by atoms with van der Waals surface area (Å²) in [5, 5.41) is 33.5. The second-order valence-corrected chi connectivity index (χ2v) is 26.5. The Hall–Kier alpha value is -9.33. The van der Waals surface area contributed by atoms with E-state index in [2.05, 4.69) is 43.9 Å². The first-order chi connectivity index (χ1) is 48.0. The van der Waals surface area contributed by atoms with E-state index in [9.17, 15) is 30.0 Å². The van der Waals surface area contributed by atoms with Crippen LogP contribution in [0.1, 0.15) is 122 Å². The average Bonchev–Trinajstić information content (AvgIpc) is 1.32. The smallest absolute Gasteiger partial charge is 0.308 e. The summed E-state index contributed by atoms with van der Waals surface area (Å²) in [6, 6.07) is 25.2. The number of esters is 3. The summed E-state index contributed by atoms with van der Waals surface area (Å²) in [5.41, 5.74) is 12.1. The number of methoxy groups -OCH3 is 4. The monoisotopic (exact) mass is 1350 g/mol. The van der Waals surface area contributed by atoms with Crippen molar-refractivity contribution in [2.24, 2.45) is 0 Å². The third kappa shape index (κ3) is 12.1. The molecule has 0 radical (unpaired) electrons. The van der Waals surface area contributed by atoms with Gasteiger partial charge in [-0.2, -0.15) is 10.5 Å². The highest BCUT2D eigenvalue weighted by Gasteiger charge is 2.59. The van der Waals surface area contributed by atoms with Crippen LogP contribution in [-0.4, -0.2) is 162 Å². The predicted octanol–water partition coefficient (Wildman–Crippen LogP) is 9.57. The number of aryl methyl sites for hydroxylation is 4. The maximum atomic E-state index is 13.4. The summed E-state index contributed by atoms with van der Waals surface area (Å²) in [6.07, 6.45) is 3.49. The van der Waals surface area contributed by atoms with E-state index in [1.54, 1.807) is 28.4 Å². The van der Waals surface area contributed by atoms with Crippen molar-refractivity contribution >= 4 is 17.9 Å². The Bertz CT molecular complexity index is 4200. The topological polar surface area (TPSA) is 252 Å². The molecule has 8 aliphatic rings. The van der Waals surface area contributed by atoms with E-state index in [0.717, 1.165) is 50.1 Å². The molecule has 2 unspecified atom stereocenters. The number of rotatable bonds is 19. The van der Waals surface area contributed by atoms with Crippen LogP contribution in [-0.2, 0) is 71.9 Å². The zero-order valence-electron chi connectivity index (χ0n) is 57.8. The summed E-state index contributed by atoms with van der Waals surface area (Å²) in [7, 11) is 10.5. The number of carbonyl (C=O) groups excluding carboxylic acids is 3. The summed E-state index contributed by atoms with van der Waals surface area (Å²) < 4.78 is 77.1. The number of ether oxygens (including phenoxy) is 13. The Kier molecular flexibility index (Phi) is 19.6. The maximum Gasteiger partial charge on any atom is 0.308 e. The SMILES string of the molecule is COCOc1c(OC)c(C)cc2c1[C@@H]1C3Cc4c(O)c(C)c5c(c4[C@H](COC(=O)CCc4ccccc4)N3[C@@H](C#N)[C@H](C2)N1C)OCO5.COCOc1c(OC)c(C)cc2c1[C@@H]1C3Cc4c(OC(C)=O)c(C)c5c(c4[C@H](COC(=O)CCc4ccccc4)N3[C@@H](C#N)[C@H](C2)N1C)OCO5. The van der Waals surface area contributed by atoms with Crippen LogP contribution in [0.4, 0.5) is 0 Å². The third-order valence-electron chi connectivity index (χ3n) is 21.1. The van der Waals surface area contributed by atoms with Crippen molar-refractivity contribution in [2.45, 2.75) is 146 Å². The number of hydrogen-bond donors (Lipinski definition) is 1. The van der Waals surface area contributed by atoms with E-state index in [1.807, 2.05) is 102 Å². The number of aromatic hydroxyl groups is 1. The molecule has 23 heteroatoms. The fourth-order valence-corrected chi connectivity index (χ4v) is 17.0. The van der Waals surface area contributed by atoms with E-state index in [1.165, 1.54) is 6.92 Å². The van der Waals surface area contributed by atoms with Crippen molar-refractivity contribution in [1.82, 2.24) is 19.6 Å². The quantitative estimate of drug-likeness (QED) is 0.0450. The molecule has 0 aromatic heterocycles. The summed E-state index contributed by atoms with van der Waals surface area (Å²) in [6.45, 7) is 8.99. The fourth-order valence-electron chi connectivity index (χ4n) is 17.0. The standard InChI is InChI=1S/C39H43N3O9.C37H41N3O8/c1-21-14-25-15-27-29(17-40)42-28(34(41(27)4)32(25)38(35(21)46-6)48-19-45-5)16-26-33(39-37(49-20-50-39)22(2)36(26)51-23(3)43)30(42)18-47-31(44)13-12-24-10-8-7-9-11-24;1-20-13-23-14-25-27(16-38)40-26(32(39(25)3)30(23)36(34(20)44-5)46-18-43-4)15-24-31(37-35(47-19-48-37)21(2)33(24)42)28(40)17-45-29(41)12-11-22-9-7-6-8-10-22/h7-11,14,27-30,34H,12-13,15-16,18-20H2,1-6H3;6-10,13,25-28,32,42H,11-12,14-15,17-19H2,1-5H3/t27-,28?,29-,30-,34-;25-,26?,27-,28-,32-/m00/s1. The second kappa shape index (κ2) is 28.5. The van der Waals surface area contributed by atoms with Crippen LogP contribution in [0, 0.1) is 50.4 Å². The van der Waals surface area contributed by atoms with Gasteiger partial charge in [-0.1, -0.05) is 72.8 Å². The molecule has 23 nitrogen and oxygen atoms in total. The third-order valence-corrected chi connectivity index (χ3v) is 21.1. The number of carbonyl (C=O) groups is 3. The first-order valence-corrected chi connectivity index (χ1v) is 33.5. The lowest BCUT2D eigenvalue weighted by Crippen LogP contribution is -2.68. The molecule has 1 N–H and O–H groups in total. The molecule has 99 heavy (non-hydrogen) atoms. The van der Waals surface area contributed by atoms with Crippen LogP contribution in [0.15, 0.2) is 72.8 Å². The number of phenolic OH excluding ortho intramolecular Hbond substituents is 1. The van der Waals surface area contributed by atoms with E-state index in [-0.39, 0.29) is 107 Å². The van der Waals surface area contributed by atoms with Crippen molar-refractivity contribution < 1.29 is 81.1 Å². The fraction of sp³-hybridized carbons (Fsp3) is 0.461. The molecule has 0 aliphatic carbocycles. The number of nitriles is 2. The van der Waals surface area contributed by atoms with Gasteiger partial charge < -0.3 is 66.7 Å². The number of hydrogen-bond acceptors (Lipinski definition) is 23. The highest BCUT2D eigenvalue weighted by atomic mass is 16.7. The lowest BCUT2D eigenvalue weighted by Gasteiger charge is -2.59. The van der Waals surface area contributed by atoms with Crippen molar-refractivity contribution in [1.29, 1.82) is 10.5 Å². The van der Waals surface area contributed by atoms with Crippen LogP contribution in [0.2, 0.25) is 0 Å². The van der Waals surface area contributed by atoms with Crippen molar-refractivity contribution in [2.75, 3.05) is 82.9 Å². The molecule has 10 atom stereocenters. The van der Waals surface area contributed by atoms with Crippen LogP contribution >= 0.6 is 0 Å². The summed E-state index contributed by atoms with van der Waals surface area (Å²) >= 11 is 0. The molecule has 14 rings (SSSR count). The van der Waals surface area contributed by atoms with Crippen LogP contribution in [0.5, 0.6) is 57.5 Å². The molecule has 2 saturated heterocycles. The highest BCUT2D eigenvalue weighted by molar-refractivity contribution is 5.75. The van der Waals surface area contributed by atoms with Gasteiger partial charge in [-0.25, -0.2) is 0 Å². The van der Waals surface area contributed by atoms with Crippen LogP contribution in [0.3, 0.4) is 0 Å². The Balaban J connectivity index is 0.000000178. The van der Waals surface area contributed by atoms with Crippen LogP contribution in [0.25, 0.3) is 0 Å². The van der Waals surface area contributed by atoms with Gasteiger partial charge in [0.2, 0.25) is 13.6 Å². The Morgan fingerprint density at radius 2 is 0.970 bits per heavy atom. The number of likely N-dealkylation sites (N-methyl/N-ethyl adjacent to an activating group) is 2. The van der Waals surface area contributed by atoms with E-state index >= 15 is 0 Å². The Morgan fingerprint density at radius 1 is 0.545 bits per heavy atom. The van der Waals surface area contributed by atoms with Gasteiger partial charge in [-0.15, -0.1) is 0 Å². The van der Waals surface area contributed by atoms with Crippen molar-refractivity contribution in [3.8, 4) is 69.6 Å². The van der Waals surface area contributed by atoms with Gasteiger partial charge in [0.1, 0.15) is 36.8 Å². The largest absolute Gasteiger partial charge is 0.507 e. The number of fused-ring (bicyclic) bond motifs is 18. The molecular weight excluding hydrogens is 1270 g/mol. The predicted molar refractivity (Wildman–Crippen MR) is 358 cm³/mol. The Labute approximate surface area is 576 Å². The molecule has 0 amide bonds. The zero-order chi connectivity index (χ0) is 69.7. The lowest BCUT2D eigenvalue weighted by molar-refractivity contribution is -0.150. The van der Waals surface area contributed by atoms with Gasteiger partial charge in [0.15, 0.2) is 59.6 Å². The van der Waals surface area contributed by atoms with Gasteiger partial charge in [0.25, 0.3) is 0 Å². The molecule has 0 spiro atoms. The number of piperazine rings is 2. The van der Waals surface area contributed by atoms with Gasteiger partial charge >= 0.3 is 17.9 Å². The minimum Gasteiger partial charge on any atom is -0.507 e. The van der Waals surface area contributed by atoms with E-state index in [0.29, 0.717) is 118 Å². The van der Waals surface area contributed by atoms with Gasteiger partial charge in [0.05, 0.1) is 50.5 Å². The lowest BCUT2D eigenvalue weighted by atomic mass is 9.71. The van der Waals surface area contributed by atoms with E-state index < -0.39 is 30.1 Å². The van der Waals surface area contributed by atoms with E-state index in [4.69, 9.17) is 61.6 Å². The van der Waals surface area contributed by atoms with Crippen LogP contribution < -0.4 is 42.6 Å². The first kappa shape index (κ1) is 68.2. The average molecular weight is 1350 g/mol. The van der Waals surface area contributed by atoms with Gasteiger partial charge in [-0.05, 0) is 114 Å². The van der Waals surface area contributed by atoms with Gasteiger partial charge in [-0.3, -0.25) is 34.0 Å². The number of nitrogens with zero attached hydrogens (tertiary/aromatic N) is 6. The molecule has 6 aromatic carbocycles. The first-order valence-electron chi connectivity index (χ1n) is 33.5. The zero-order valence-corrected chi connectivity index (χ0v) is 57.8. The normalized spacial score (nSPS) is 23.4. The number of phenols is 1. The molecular formula is C76H84N6O17. The molecule has 8 aliphatic heterocycles. The summed E-state index contributed by atoms with van der Waals surface area (Å²) in [5.74, 6) is 3.83. The molecule has 4 bridgehead atoms. The van der Waals surface area contributed by atoms with Gasteiger partial charge in [0, 0.05) is 103 Å². The minimum absolute atomic E-state index is 0.0124. The Morgan fingerprint density at radius 3 is 1.39 bits per heavy atom.